The number of carbonyl (C=O) groups excluding carboxylic acids is 1. The number of aromatic nitrogens is 4. The third kappa shape index (κ3) is 2.52. The number of nitrogens with zero attached hydrogens (tertiary/aromatic N) is 4. The van der Waals surface area contributed by atoms with Crippen molar-refractivity contribution in [2.75, 3.05) is 7.11 Å². The van der Waals surface area contributed by atoms with E-state index in [0.29, 0.717) is 22.8 Å². The van der Waals surface area contributed by atoms with Crippen LogP contribution in [0.5, 0.6) is 0 Å². The van der Waals surface area contributed by atoms with Gasteiger partial charge in [-0.05, 0) is 30.6 Å². The summed E-state index contributed by atoms with van der Waals surface area (Å²) < 4.78 is 13.7. The van der Waals surface area contributed by atoms with E-state index in [4.69, 9.17) is 4.52 Å². The fourth-order valence-electron chi connectivity index (χ4n) is 1.76. The Hall–Kier alpha value is -2.61. The summed E-state index contributed by atoms with van der Waals surface area (Å²) in [4.78, 5) is 16.6. The maximum absolute atomic E-state index is 11.5. The number of benzene rings is 1. The second kappa shape index (κ2) is 5.41. The Labute approximate surface area is 123 Å². The van der Waals surface area contributed by atoms with Gasteiger partial charge in [-0.2, -0.15) is 4.98 Å². The van der Waals surface area contributed by atoms with Gasteiger partial charge in [0, 0.05) is 5.56 Å². The lowest BCUT2D eigenvalue weighted by Gasteiger charge is -2.00. The van der Waals surface area contributed by atoms with E-state index >= 15 is 0 Å². The fourth-order valence-corrected chi connectivity index (χ4v) is 2.34. The first-order valence-corrected chi connectivity index (χ1v) is 6.78. The molecule has 0 aliphatic heterocycles. The van der Waals surface area contributed by atoms with E-state index in [0.717, 1.165) is 10.6 Å². The van der Waals surface area contributed by atoms with Gasteiger partial charge < -0.3 is 9.26 Å². The first-order chi connectivity index (χ1) is 10.2. The first kappa shape index (κ1) is 13.4. The Morgan fingerprint density at radius 2 is 2.24 bits per heavy atom. The highest BCUT2D eigenvalue weighted by Gasteiger charge is 2.16. The fraction of sp³-hybridized carbons (Fsp3) is 0.154. The number of hydrogen-bond acceptors (Lipinski definition) is 8. The molecule has 0 spiro atoms. The Morgan fingerprint density at radius 1 is 1.38 bits per heavy atom. The van der Waals surface area contributed by atoms with Crippen molar-refractivity contribution < 1.29 is 14.1 Å². The quantitative estimate of drug-likeness (QED) is 0.686. The van der Waals surface area contributed by atoms with Crippen molar-refractivity contribution in [3.8, 4) is 22.2 Å². The summed E-state index contributed by atoms with van der Waals surface area (Å²) in [6, 6.07) is 6.84. The monoisotopic (exact) mass is 302 g/mol. The molecule has 0 aliphatic rings. The number of hydrogen-bond donors (Lipinski definition) is 0. The van der Waals surface area contributed by atoms with Gasteiger partial charge in [-0.25, -0.2) is 4.79 Å². The number of methoxy groups -OCH3 is 1. The molecular weight excluding hydrogens is 292 g/mol. The van der Waals surface area contributed by atoms with Crippen molar-refractivity contribution in [2.24, 2.45) is 0 Å². The van der Waals surface area contributed by atoms with E-state index in [1.54, 1.807) is 24.3 Å². The van der Waals surface area contributed by atoms with Crippen LogP contribution in [0.15, 0.2) is 28.8 Å². The van der Waals surface area contributed by atoms with Crippen molar-refractivity contribution in [3.05, 3.63) is 35.5 Å². The van der Waals surface area contributed by atoms with Gasteiger partial charge in [-0.1, -0.05) is 21.8 Å². The molecule has 3 rings (SSSR count). The van der Waals surface area contributed by atoms with Crippen molar-refractivity contribution >= 4 is 17.5 Å². The Kier molecular flexibility index (Phi) is 3.44. The van der Waals surface area contributed by atoms with Crippen molar-refractivity contribution in [3.63, 3.8) is 0 Å². The summed E-state index contributed by atoms with van der Waals surface area (Å²) in [5.74, 6) is 0.340. The highest BCUT2D eigenvalue weighted by molar-refractivity contribution is 7.09. The smallest absolute Gasteiger partial charge is 0.337 e. The van der Waals surface area contributed by atoms with Gasteiger partial charge in [-0.3, -0.25) is 0 Å². The second-order valence-corrected chi connectivity index (χ2v) is 4.94. The number of aryl methyl sites for hydroxylation is 1. The maximum Gasteiger partial charge on any atom is 0.337 e. The molecule has 3 aromatic rings. The predicted octanol–water partition coefficient (Wildman–Crippen LogP) is 2.35. The molecule has 106 valence electrons. The minimum absolute atomic E-state index is 0.362. The summed E-state index contributed by atoms with van der Waals surface area (Å²) in [6.45, 7) is 1.82. The van der Waals surface area contributed by atoms with Crippen LogP contribution in [0, 0.1) is 6.92 Å². The molecule has 8 heteroatoms. The van der Waals surface area contributed by atoms with Crippen LogP contribution in [-0.4, -0.2) is 32.8 Å². The molecule has 0 N–H and O–H groups in total. The second-order valence-electron chi connectivity index (χ2n) is 4.18. The summed E-state index contributed by atoms with van der Waals surface area (Å²) in [5.41, 5.74) is 1.83. The topological polar surface area (TPSA) is 91.0 Å². The molecule has 0 atom stereocenters. The van der Waals surface area contributed by atoms with Crippen LogP contribution in [0.2, 0.25) is 0 Å². The Balaban J connectivity index is 1.97. The molecule has 0 bridgehead atoms. The van der Waals surface area contributed by atoms with Crippen molar-refractivity contribution in [1.82, 2.24) is 19.7 Å². The van der Waals surface area contributed by atoms with Gasteiger partial charge in [0.05, 0.1) is 18.4 Å². The van der Waals surface area contributed by atoms with Gasteiger partial charge in [0.1, 0.15) is 4.88 Å². The molecule has 0 aliphatic carbocycles. The van der Waals surface area contributed by atoms with E-state index in [2.05, 4.69) is 24.5 Å². The van der Waals surface area contributed by atoms with Gasteiger partial charge in [0.15, 0.2) is 0 Å². The van der Waals surface area contributed by atoms with Gasteiger partial charge in [0.2, 0.25) is 5.82 Å². The molecule has 2 aromatic heterocycles. The van der Waals surface area contributed by atoms with E-state index < -0.39 is 5.97 Å². The number of esters is 1. The Bertz CT molecular complexity index is 796. The van der Waals surface area contributed by atoms with Crippen LogP contribution in [-0.2, 0) is 4.74 Å². The summed E-state index contributed by atoms with van der Waals surface area (Å²) >= 11 is 1.19. The molecule has 0 saturated heterocycles. The van der Waals surface area contributed by atoms with Crippen LogP contribution in [0.25, 0.3) is 22.2 Å². The lowest BCUT2D eigenvalue weighted by molar-refractivity contribution is 0.0601. The van der Waals surface area contributed by atoms with Crippen LogP contribution < -0.4 is 0 Å². The summed E-state index contributed by atoms with van der Waals surface area (Å²) in [7, 11) is 1.33. The highest BCUT2D eigenvalue weighted by atomic mass is 32.1. The molecule has 7 nitrogen and oxygen atoms in total. The molecular formula is C13H10N4O3S. The summed E-state index contributed by atoms with van der Waals surface area (Å²) in [6.07, 6.45) is 0. The minimum Gasteiger partial charge on any atom is -0.465 e. The number of carbonyl (C=O) groups is 1. The molecule has 0 amide bonds. The SMILES string of the molecule is COC(=O)c1cccc(-c2noc(-c3snnc3C)n2)c1. The van der Waals surface area contributed by atoms with Crippen molar-refractivity contribution in [1.29, 1.82) is 0 Å². The van der Waals surface area contributed by atoms with Crippen molar-refractivity contribution in [2.45, 2.75) is 6.92 Å². The van der Waals surface area contributed by atoms with Gasteiger partial charge >= 0.3 is 5.97 Å². The average molecular weight is 302 g/mol. The molecule has 21 heavy (non-hydrogen) atoms. The van der Waals surface area contributed by atoms with E-state index in [-0.39, 0.29) is 0 Å². The van der Waals surface area contributed by atoms with Crippen LogP contribution >= 0.6 is 11.5 Å². The number of rotatable bonds is 3. The van der Waals surface area contributed by atoms with E-state index in [9.17, 15) is 4.79 Å². The zero-order valence-corrected chi connectivity index (χ0v) is 12.0. The molecule has 0 saturated carbocycles. The van der Waals surface area contributed by atoms with Crippen LogP contribution in [0.1, 0.15) is 16.1 Å². The van der Waals surface area contributed by atoms with Gasteiger partial charge in [-0.15, -0.1) is 5.10 Å². The van der Waals surface area contributed by atoms with E-state index in [1.807, 2.05) is 6.92 Å². The third-order valence-corrected chi connectivity index (χ3v) is 3.63. The molecule has 0 unspecified atom stereocenters. The lowest BCUT2D eigenvalue weighted by Crippen LogP contribution is -2.00. The lowest BCUT2D eigenvalue weighted by atomic mass is 10.1. The largest absolute Gasteiger partial charge is 0.465 e. The van der Waals surface area contributed by atoms with E-state index in [1.165, 1.54) is 18.6 Å². The molecule has 2 heterocycles. The standard InChI is InChI=1S/C13H10N4O3S/c1-7-10(21-17-15-7)12-14-11(16-20-12)8-4-3-5-9(6-8)13(18)19-2/h3-6H,1-2H3. The molecule has 0 radical (unpaired) electrons. The van der Waals surface area contributed by atoms with Crippen LogP contribution in [0.3, 0.4) is 0 Å². The third-order valence-electron chi connectivity index (χ3n) is 2.81. The molecule has 1 aromatic carbocycles. The number of ether oxygens (including phenoxy) is 1. The predicted molar refractivity (Wildman–Crippen MR) is 74.7 cm³/mol. The normalized spacial score (nSPS) is 10.6. The maximum atomic E-state index is 11.5. The highest BCUT2D eigenvalue weighted by Crippen LogP contribution is 2.26. The average Bonchev–Trinajstić information content (AvgIpc) is 3.15. The Morgan fingerprint density at radius 3 is 2.95 bits per heavy atom. The minimum atomic E-state index is -0.414. The first-order valence-electron chi connectivity index (χ1n) is 6.01. The molecule has 0 fully saturated rings. The zero-order chi connectivity index (χ0) is 14.8. The zero-order valence-electron chi connectivity index (χ0n) is 11.2. The summed E-state index contributed by atoms with van der Waals surface area (Å²) in [5, 5.41) is 7.83. The van der Waals surface area contributed by atoms with Crippen LogP contribution in [0.4, 0.5) is 0 Å². The van der Waals surface area contributed by atoms with Gasteiger partial charge in [0.25, 0.3) is 5.89 Å².